The molecule has 0 fully saturated rings. The fraction of sp³-hybridized carbons (Fsp3) is 0.0625. The van der Waals surface area contributed by atoms with Crippen molar-refractivity contribution in [1.29, 1.82) is 0 Å². The van der Waals surface area contributed by atoms with Gasteiger partial charge in [0.2, 0.25) is 0 Å². The van der Waals surface area contributed by atoms with Crippen LogP contribution in [0.1, 0.15) is 26.3 Å². The molecule has 1 aliphatic heterocycles. The van der Waals surface area contributed by atoms with E-state index in [9.17, 15) is 14.4 Å². The van der Waals surface area contributed by atoms with Gasteiger partial charge in [-0.15, -0.1) is 0 Å². The molecule has 0 aliphatic carbocycles. The molecular weight excluding hydrogens is 377 g/mol. The SMILES string of the molecule is O=C(Cc1c(Cl)cc(Cl)cc1Cl)ON1C(=O)c2ccccc2C1=O. The van der Waals surface area contributed by atoms with Crippen molar-refractivity contribution in [3.63, 3.8) is 0 Å². The van der Waals surface area contributed by atoms with Gasteiger partial charge in [0.05, 0.1) is 17.5 Å². The molecule has 2 aromatic rings. The van der Waals surface area contributed by atoms with Crippen LogP contribution in [0, 0.1) is 0 Å². The van der Waals surface area contributed by atoms with E-state index in [4.69, 9.17) is 39.6 Å². The van der Waals surface area contributed by atoms with Gasteiger partial charge < -0.3 is 4.84 Å². The Hall–Kier alpha value is -2.08. The van der Waals surface area contributed by atoms with E-state index in [0.29, 0.717) is 15.6 Å². The van der Waals surface area contributed by atoms with Crippen molar-refractivity contribution >= 4 is 52.6 Å². The van der Waals surface area contributed by atoms with Crippen molar-refractivity contribution in [2.75, 3.05) is 0 Å². The van der Waals surface area contributed by atoms with Gasteiger partial charge in [-0.05, 0) is 24.3 Å². The molecule has 3 rings (SSSR count). The number of halogens is 3. The fourth-order valence-electron chi connectivity index (χ4n) is 2.27. The number of amides is 2. The normalized spacial score (nSPS) is 13.2. The number of fused-ring (bicyclic) bond motifs is 1. The molecule has 1 heterocycles. The summed E-state index contributed by atoms with van der Waals surface area (Å²) in [5.41, 5.74) is 0.653. The zero-order chi connectivity index (χ0) is 17.4. The summed E-state index contributed by atoms with van der Waals surface area (Å²) in [6.45, 7) is 0. The first-order valence-electron chi connectivity index (χ1n) is 6.70. The predicted molar refractivity (Wildman–Crippen MR) is 88.2 cm³/mol. The van der Waals surface area contributed by atoms with Crippen molar-refractivity contribution in [1.82, 2.24) is 5.06 Å². The Morgan fingerprint density at radius 2 is 1.46 bits per heavy atom. The third kappa shape index (κ3) is 2.98. The summed E-state index contributed by atoms with van der Waals surface area (Å²) in [4.78, 5) is 41.3. The minimum absolute atomic E-state index is 0.179. The molecule has 0 saturated heterocycles. The number of hydrogen-bond acceptors (Lipinski definition) is 4. The Bertz CT molecular complexity index is 823. The highest BCUT2D eigenvalue weighted by molar-refractivity contribution is 6.39. The standard InChI is InChI=1S/C16H8Cl3NO4/c17-8-5-12(18)11(13(19)6-8)7-14(21)24-20-15(22)9-3-1-2-4-10(9)16(20)23/h1-6H,7H2. The van der Waals surface area contributed by atoms with Crippen LogP contribution in [0.5, 0.6) is 0 Å². The van der Waals surface area contributed by atoms with Crippen LogP contribution in [0.3, 0.4) is 0 Å². The van der Waals surface area contributed by atoms with Gasteiger partial charge in [-0.3, -0.25) is 9.59 Å². The molecule has 0 radical (unpaired) electrons. The van der Waals surface area contributed by atoms with Crippen LogP contribution in [0.15, 0.2) is 36.4 Å². The topological polar surface area (TPSA) is 63.7 Å². The second kappa shape index (κ2) is 6.43. The molecule has 5 nitrogen and oxygen atoms in total. The van der Waals surface area contributed by atoms with Gasteiger partial charge in [0.1, 0.15) is 0 Å². The molecule has 8 heteroatoms. The summed E-state index contributed by atoms with van der Waals surface area (Å²) in [5.74, 6) is -2.25. The van der Waals surface area contributed by atoms with Gasteiger partial charge in [0.25, 0.3) is 11.8 Å². The average molecular weight is 385 g/mol. The number of rotatable bonds is 3. The highest BCUT2D eigenvalue weighted by Gasteiger charge is 2.38. The molecular formula is C16H8Cl3NO4. The zero-order valence-corrected chi connectivity index (χ0v) is 14.2. The minimum Gasteiger partial charge on any atom is -0.329 e. The summed E-state index contributed by atoms with van der Waals surface area (Å²) >= 11 is 17.8. The smallest absolute Gasteiger partial charge is 0.329 e. The summed E-state index contributed by atoms with van der Waals surface area (Å²) in [7, 11) is 0. The van der Waals surface area contributed by atoms with Crippen molar-refractivity contribution in [3.05, 3.63) is 68.2 Å². The van der Waals surface area contributed by atoms with Crippen LogP contribution >= 0.6 is 34.8 Å². The molecule has 0 atom stereocenters. The second-order valence-corrected chi connectivity index (χ2v) is 6.19. The predicted octanol–water partition coefficient (Wildman–Crippen LogP) is 3.94. The molecule has 0 bridgehead atoms. The molecule has 0 saturated carbocycles. The van der Waals surface area contributed by atoms with E-state index in [1.807, 2.05) is 0 Å². The highest BCUT2D eigenvalue weighted by atomic mass is 35.5. The maximum atomic E-state index is 12.1. The molecule has 2 amide bonds. The van der Waals surface area contributed by atoms with Crippen LogP contribution in [0.4, 0.5) is 0 Å². The van der Waals surface area contributed by atoms with E-state index in [-0.39, 0.29) is 27.6 Å². The Balaban J connectivity index is 1.78. The first kappa shape index (κ1) is 16.8. The largest absolute Gasteiger partial charge is 0.337 e. The third-order valence-corrected chi connectivity index (χ3v) is 4.27. The summed E-state index contributed by atoms with van der Waals surface area (Å²) < 4.78 is 0. The molecule has 0 N–H and O–H groups in total. The summed E-state index contributed by atoms with van der Waals surface area (Å²) in [5, 5.41) is 1.13. The van der Waals surface area contributed by atoms with Crippen LogP contribution < -0.4 is 0 Å². The summed E-state index contributed by atoms with van der Waals surface area (Å²) in [6.07, 6.45) is -0.317. The van der Waals surface area contributed by atoms with Gasteiger partial charge in [-0.25, -0.2) is 4.79 Å². The van der Waals surface area contributed by atoms with E-state index in [0.717, 1.165) is 0 Å². The quantitative estimate of drug-likeness (QED) is 0.752. The molecule has 1 aliphatic rings. The van der Waals surface area contributed by atoms with E-state index < -0.39 is 17.8 Å². The summed E-state index contributed by atoms with van der Waals surface area (Å²) in [6, 6.07) is 9.05. The van der Waals surface area contributed by atoms with Crippen molar-refractivity contribution < 1.29 is 19.2 Å². The zero-order valence-electron chi connectivity index (χ0n) is 11.9. The minimum atomic E-state index is -0.851. The molecule has 122 valence electrons. The monoisotopic (exact) mass is 383 g/mol. The average Bonchev–Trinajstić information content (AvgIpc) is 2.76. The molecule has 24 heavy (non-hydrogen) atoms. The van der Waals surface area contributed by atoms with Crippen molar-refractivity contribution in [2.45, 2.75) is 6.42 Å². The number of imide groups is 1. The fourth-order valence-corrected chi connectivity index (χ4v) is 3.22. The van der Waals surface area contributed by atoms with E-state index in [1.54, 1.807) is 12.1 Å². The lowest BCUT2D eigenvalue weighted by molar-refractivity contribution is -0.167. The van der Waals surface area contributed by atoms with Crippen LogP contribution in [0.25, 0.3) is 0 Å². The lowest BCUT2D eigenvalue weighted by Crippen LogP contribution is -2.33. The number of hydroxylamine groups is 2. The molecule has 2 aromatic carbocycles. The molecule has 0 unspecified atom stereocenters. The van der Waals surface area contributed by atoms with Crippen LogP contribution in [-0.4, -0.2) is 22.8 Å². The van der Waals surface area contributed by atoms with Gasteiger partial charge in [-0.2, -0.15) is 0 Å². The van der Waals surface area contributed by atoms with Crippen molar-refractivity contribution in [3.8, 4) is 0 Å². The number of nitrogens with zero attached hydrogens (tertiary/aromatic N) is 1. The molecule has 0 spiro atoms. The van der Waals surface area contributed by atoms with Crippen LogP contribution in [0.2, 0.25) is 15.1 Å². The number of hydrogen-bond donors (Lipinski definition) is 0. The first-order chi connectivity index (χ1) is 11.4. The van der Waals surface area contributed by atoms with E-state index >= 15 is 0 Å². The lowest BCUT2D eigenvalue weighted by Gasteiger charge is -2.13. The van der Waals surface area contributed by atoms with E-state index in [1.165, 1.54) is 24.3 Å². The third-order valence-electron chi connectivity index (χ3n) is 3.38. The van der Waals surface area contributed by atoms with Gasteiger partial charge in [0, 0.05) is 20.6 Å². The second-order valence-electron chi connectivity index (χ2n) is 4.94. The Labute approximate surface area is 151 Å². The highest BCUT2D eigenvalue weighted by Crippen LogP contribution is 2.30. The van der Waals surface area contributed by atoms with Crippen molar-refractivity contribution in [2.24, 2.45) is 0 Å². The lowest BCUT2D eigenvalue weighted by atomic mass is 10.1. The molecule has 0 aromatic heterocycles. The Kier molecular flexibility index (Phi) is 4.49. The van der Waals surface area contributed by atoms with Gasteiger partial charge in [0.15, 0.2) is 0 Å². The Morgan fingerprint density at radius 3 is 1.96 bits per heavy atom. The first-order valence-corrected chi connectivity index (χ1v) is 7.84. The van der Waals surface area contributed by atoms with E-state index in [2.05, 4.69) is 0 Å². The van der Waals surface area contributed by atoms with Gasteiger partial charge >= 0.3 is 5.97 Å². The maximum Gasteiger partial charge on any atom is 0.337 e. The van der Waals surface area contributed by atoms with Gasteiger partial charge in [-0.1, -0.05) is 52.0 Å². The number of carbonyl (C=O) groups is 3. The Morgan fingerprint density at radius 1 is 0.958 bits per heavy atom. The number of carbonyl (C=O) groups excluding carboxylic acids is 3. The van der Waals surface area contributed by atoms with Crippen LogP contribution in [-0.2, 0) is 16.1 Å². The maximum absolute atomic E-state index is 12.1. The number of benzene rings is 2.